The lowest BCUT2D eigenvalue weighted by atomic mass is 10.0. The van der Waals surface area contributed by atoms with Crippen molar-refractivity contribution in [2.45, 2.75) is 12.5 Å². The van der Waals surface area contributed by atoms with E-state index in [1.54, 1.807) is 24.2 Å². The monoisotopic (exact) mass is 478 g/mol. The summed E-state index contributed by atoms with van der Waals surface area (Å²) in [6.07, 6.45) is 4.56. The highest BCUT2D eigenvalue weighted by molar-refractivity contribution is 5.79. The number of piperazine rings is 1. The molecule has 35 heavy (non-hydrogen) atoms. The Morgan fingerprint density at radius 1 is 1.14 bits per heavy atom. The van der Waals surface area contributed by atoms with Gasteiger partial charge in [-0.3, -0.25) is 0 Å². The van der Waals surface area contributed by atoms with Gasteiger partial charge in [-0.1, -0.05) is 0 Å². The largest absolute Gasteiger partial charge is 0.341 e. The van der Waals surface area contributed by atoms with Crippen molar-refractivity contribution in [1.82, 2.24) is 34.9 Å². The third kappa shape index (κ3) is 4.37. The summed E-state index contributed by atoms with van der Waals surface area (Å²) in [6, 6.07) is 5.17. The molecule has 1 saturated heterocycles. The third-order valence-corrected chi connectivity index (χ3v) is 5.87. The van der Waals surface area contributed by atoms with Gasteiger partial charge in [-0.05, 0) is 23.8 Å². The SMILES string of the molecule is Cn1ncc(-c2nc(N3CCN(C(=O)N4N=CC[C@H]4c4cc(F)cc(C#N)c4)CC3)ncc2F)n1. The number of hydrazone groups is 1. The van der Waals surface area contributed by atoms with Crippen LogP contribution in [0.4, 0.5) is 19.5 Å². The van der Waals surface area contributed by atoms with Gasteiger partial charge in [0.2, 0.25) is 5.95 Å². The fraction of sp³-hybridized carbons (Fsp3) is 0.318. The summed E-state index contributed by atoms with van der Waals surface area (Å²) in [5.41, 5.74) is 1.07. The maximum atomic E-state index is 14.3. The number of amides is 2. The lowest BCUT2D eigenvalue weighted by molar-refractivity contribution is 0.139. The van der Waals surface area contributed by atoms with Crippen molar-refractivity contribution in [2.75, 3.05) is 31.1 Å². The number of nitriles is 1. The Bertz CT molecular complexity index is 1340. The molecular formula is C22H20F2N10O. The second kappa shape index (κ2) is 9.05. The van der Waals surface area contributed by atoms with Crippen molar-refractivity contribution in [2.24, 2.45) is 12.1 Å². The third-order valence-electron chi connectivity index (χ3n) is 5.87. The molecule has 0 bridgehead atoms. The summed E-state index contributed by atoms with van der Waals surface area (Å²) in [4.78, 5) is 26.5. The molecule has 13 heteroatoms. The van der Waals surface area contributed by atoms with Gasteiger partial charge in [0.15, 0.2) is 5.82 Å². The fourth-order valence-electron chi connectivity index (χ4n) is 4.13. The number of aryl methyl sites for hydroxylation is 1. The molecule has 2 amide bonds. The molecule has 1 aromatic carbocycles. The van der Waals surface area contributed by atoms with Gasteiger partial charge in [-0.2, -0.15) is 25.4 Å². The number of rotatable bonds is 3. The van der Waals surface area contributed by atoms with Crippen LogP contribution >= 0.6 is 0 Å². The lowest BCUT2D eigenvalue weighted by Gasteiger charge is -2.37. The van der Waals surface area contributed by atoms with Crippen LogP contribution in [0.3, 0.4) is 0 Å². The van der Waals surface area contributed by atoms with Crippen molar-refractivity contribution < 1.29 is 13.6 Å². The lowest BCUT2D eigenvalue weighted by Crippen LogP contribution is -2.52. The summed E-state index contributed by atoms with van der Waals surface area (Å²) >= 11 is 0. The number of halogens is 2. The Morgan fingerprint density at radius 3 is 2.66 bits per heavy atom. The number of urea groups is 1. The van der Waals surface area contributed by atoms with E-state index in [-0.39, 0.29) is 17.3 Å². The topological polar surface area (TPSA) is 119 Å². The zero-order chi connectivity index (χ0) is 24.5. The maximum Gasteiger partial charge on any atom is 0.341 e. The Hall–Kier alpha value is -4.47. The highest BCUT2D eigenvalue weighted by atomic mass is 19.1. The number of hydrogen-bond acceptors (Lipinski definition) is 8. The molecule has 0 spiro atoms. The van der Waals surface area contributed by atoms with E-state index in [2.05, 4.69) is 25.3 Å². The van der Waals surface area contributed by atoms with E-state index in [0.29, 0.717) is 49.8 Å². The van der Waals surface area contributed by atoms with Crippen LogP contribution in [0.25, 0.3) is 11.4 Å². The molecule has 2 aromatic heterocycles. The van der Waals surface area contributed by atoms with Crippen molar-refractivity contribution in [3.8, 4) is 17.5 Å². The predicted molar refractivity (Wildman–Crippen MR) is 120 cm³/mol. The average molecular weight is 478 g/mol. The zero-order valence-electron chi connectivity index (χ0n) is 18.7. The first-order chi connectivity index (χ1) is 16.9. The molecule has 1 fully saturated rings. The fourth-order valence-corrected chi connectivity index (χ4v) is 4.13. The molecule has 4 heterocycles. The van der Waals surface area contributed by atoms with Crippen LogP contribution < -0.4 is 4.90 Å². The van der Waals surface area contributed by atoms with Crippen LogP contribution in [0, 0.1) is 23.0 Å². The molecule has 1 atom stereocenters. The van der Waals surface area contributed by atoms with Crippen LogP contribution in [0.1, 0.15) is 23.6 Å². The molecule has 0 radical (unpaired) electrons. The van der Waals surface area contributed by atoms with Crippen LogP contribution in [0.5, 0.6) is 0 Å². The van der Waals surface area contributed by atoms with Gasteiger partial charge >= 0.3 is 6.03 Å². The predicted octanol–water partition coefficient (Wildman–Crippen LogP) is 2.10. The summed E-state index contributed by atoms with van der Waals surface area (Å²) in [6.45, 7) is 1.59. The van der Waals surface area contributed by atoms with E-state index in [9.17, 15) is 13.6 Å². The summed E-state index contributed by atoms with van der Waals surface area (Å²) in [5.74, 6) is -0.801. The van der Waals surface area contributed by atoms with Crippen molar-refractivity contribution in [1.29, 1.82) is 5.26 Å². The highest BCUT2D eigenvalue weighted by Gasteiger charge is 2.34. The minimum absolute atomic E-state index is 0.0580. The Morgan fingerprint density at radius 2 is 1.94 bits per heavy atom. The molecule has 0 unspecified atom stereocenters. The first kappa shape index (κ1) is 22.3. The van der Waals surface area contributed by atoms with Crippen LogP contribution in [0.2, 0.25) is 0 Å². The minimum atomic E-state index is -0.599. The zero-order valence-corrected chi connectivity index (χ0v) is 18.7. The number of benzene rings is 1. The molecule has 2 aliphatic heterocycles. The Labute approximate surface area is 198 Å². The van der Waals surface area contributed by atoms with Gasteiger partial charge in [0.05, 0.1) is 30.1 Å². The molecule has 2 aliphatic rings. The molecule has 5 rings (SSSR count). The van der Waals surface area contributed by atoms with Crippen molar-refractivity contribution in [3.05, 3.63) is 53.4 Å². The van der Waals surface area contributed by atoms with E-state index in [4.69, 9.17) is 5.26 Å². The summed E-state index contributed by atoms with van der Waals surface area (Å²) in [5, 5.41) is 22.7. The number of carbonyl (C=O) groups excluding carboxylic acids is 1. The molecular weight excluding hydrogens is 458 g/mol. The van der Waals surface area contributed by atoms with Gasteiger partial charge in [-0.15, -0.1) is 0 Å². The van der Waals surface area contributed by atoms with Gasteiger partial charge < -0.3 is 9.80 Å². The van der Waals surface area contributed by atoms with Crippen LogP contribution in [-0.4, -0.2) is 73.3 Å². The molecule has 178 valence electrons. The van der Waals surface area contributed by atoms with Crippen LogP contribution in [0.15, 0.2) is 35.7 Å². The maximum absolute atomic E-state index is 14.3. The van der Waals surface area contributed by atoms with E-state index < -0.39 is 17.7 Å². The summed E-state index contributed by atoms with van der Waals surface area (Å²) < 4.78 is 28.3. The van der Waals surface area contributed by atoms with Gasteiger partial charge in [0.25, 0.3) is 0 Å². The average Bonchev–Trinajstić information content (AvgIpc) is 3.53. The minimum Gasteiger partial charge on any atom is -0.337 e. The standard InChI is InChI=1S/C22H20F2N10O/c1-31-28-13-18(30-31)20-17(24)12-26-21(29-20)32-4-6-33(7-5-32)22(35)34-19(2-3-27-34)15-8-14(11-25)9-16(23)10-15/h3,8-10,12-13,19H,2,4-7H2,1H3/t19-/m0/s1. The second-order valence-electron chi connectivity index (χ2n) is 8.12. The van der Waals surface area contributed by atoms with E-state index in [1.807, 2.05) is 11.0 Å². The first-order valence-electron chi connectivity index (χ1n) is 10.9. The Balaban J connectivity index is 1.28. The number of anilines is 1. The number of aromatic nitrogens is 5. The second-order valence-corrected chi connectivity index (χ2v) is 8.12. The first-order valence-corrected chi connectivity index (χ1v) is 10.9. The van der Waals surface area contributed by atoms with E-state index in [1.165, 1.54) is 22.1 Å². The van der Waals surface area contributed by atoms with Gasteiger partial charge in [0.1, 0.15) is 17.2 Å². The van der Waals surface area contributed by atoms with Crippen molar-refractivity contribution in [3.63, 3.8) is 0 Å². The Kier molecular flexibility index (Phi) is 5.77. The molecule has 0 saturated carbocycles. The quantitative estimate of drug-likeness (QED) is 0.565. The number of nitrogens with zero attached hydrogens (tertiary/aromatic N) is 10. The molecule has 0 N–H and O–H groups in total. The van der Waals surface area contributed by atoms with E-state index >= 15 is 0 Å². The summed E-state index contributed by atoms with van der Waals surface area (Å²) in [7, 11) is 1.63. The van der Waals surface area contributed by atoms with Gasteiger partial charge in [0, 0.05) is 45.9 Å². The molecule has 0 aliphatic carbocycles. The molecule has 11 nitrogen and oxygen atoms in total. The number of carbonyl (C=O) groups is 1. The van der Waals surface area contributed by atoms with E-state index in [0.717, 1.165) is 12.3 Å². The number of hydrogen-bond donors (Lipinski definition) is 0. The molecule has 3 aromatic rings. The van der Waals surface area contributed by atoms with Crippen LogP contribution in [-0.2, 0) is 7.05 Å². The van der Waals surface area contributed by atoms with Gasteiger partial charge in [-0.25, -0.2) is 28.6 Å². The highest BCUT2D eigenvalue weighted by Crippen LogP contribution is 2.31. The normalized spacial score (nSPS) is 17.7. The smallest absolute Gasteiger partial charge is 0.337 e. The van der Waals surface area contributed by atoms with Crippen molar-refractivity contribution >= 4 is 18.2 Å².